The molecule has 7 nitrogen and oxygen atoms in total. The first-order valence-electron chi connectivity index (χ1n) is 7.08. The highest BCUT2D eigenvalue weighted by molar-refractivity contribution is 6.03. The Morgan fingerprint density at radius 1 is 1.45 bits per heavy atom. The predicted octanol–water partition coefficient (Wildman–Crippen LogP) is -0.0214. The zero-order valence-electron chi connectivity index (χ0n) is 12.0. The highest BCUT2D eigenvalue weighted by atomic mass is 16.2. The summed E-state index contributed by atoms with van der Waals surface area (Å²) < 4.78 is 0. The monoisotopic (exact) mass is 302 g/mol. The lowest BCUT2D eigenvalue weighted by molar-refractivity contribution is -0.134. The van der Waals surface area contributed by atoms with Crippen molar-refractivity contribution >= 4 is 23.8 Å². The summed E-state index contributed by atoms with van der Waals surface area (Å²) in [6.45, 7) is 0.548. The molecule has 2 rings (SSSR count). The SMILES string of the molecule is NCC/C=C/c1cccc(C(=O)NC2CCC(=O)NC2=O)n1. The maximum Gasteiger partial charge on any atom is 0.270 e. The quantitative estimate of drug-likeness (QED) is 0.661. The third-order valence-electron chi connectivity index (χ3n) is 3.17. The van der Waals surface area contributed by atoms with Crippen molar-refractivity contribution in [3.8, 4) is 0 Å². The second kappa shape index (κ2) is 7.46. The number of nitrogens with zero attached hydrogens (tertiary/aromatic N) is 1. The van der Waals surface area contributed by atoms with E-state index in [1.54, 1.807) is 24.3 Å². The van der Waals surface area contributed by atoms with Gasteiger partial charge in [0.15, 0.2) is 0 Å². The molecule has 2 heterocycles. The first kappa shape index (κ1) is 15.8. The van der Waals surface area contributed by atoms with Crippen LogP contribution in [0.1, 0.15) is 35.4 Å². The Morgan fingerprint density at radius 3 is 3.00 bits per heavy atom. The van der Waals surface area contributed by atoms with E-state index in [0.717, 1.165) is 6.42 Å². The number of carbonyl (C=O) groups is 3. The van der Waals surface area contributed by atoms with Gasteiger partial charge in [0.2, 0.25) is 11.8 Å². The van der Waals surface area contributed by atoms with Gasteiger partial charge in [0.25, 0.3) is 5.91 Å². The molecule has 1 aromatic rings. The molecule has 0 aliphatic carbocycles. The summed E-state index contributed by atoms with van der Waals surface area (Å²) in [5.41, 5.74) is 6.26. The van der Waals surface area contributed by atoms with Crippen LogP contribution in [0.15, 0.2) is 24.3 Å². The van der Waals surface area contributed by atoms with Gasteiger partial charge >= 0.3 is 0 Å². The number of piperidine rings is 1. The predicted molar refractivity (Wildman–Crippen MR) is 80.6 cm³/mol. The number of carbonyl (C=O) groups excluding carboxylic acids is 3. The fourth-order valence-corrected chi connectivity index (χ4v) is 2.03. The average Bonchev–Trinajstić information content (AvgIpc) is 2.50. The number of amides is 3. The van der Waals surface area contributed by atoms with E-state index in [2.05, 4.69) is 15.6 Å². The van der Waals surface area contributed by atoms with Crippen LogP contribution in [-0.4, -0.2) is 35.3 Å². The summed E-state index contributed by atoms with van der Waals surface area (Å²) in [6, 6.07) is 4.36. The van der Waals surface area contributed by atoms with Gasteiger partial charge in [-0.15, -0.1) is 0 Å². The number of nitrogens with two attached hydrogens (primary N) is 1. The summed E-state index contributed by atoms with van der Waals surface area (Å²) in [5.74, 6) is -1.24. The average molecular weight is 302 g/mol. The van der Waals surface area contributed by atoms with Gasteiger partial charge in [0.1, 0.15) is 11.7 Å². The molecule has 0 saturated carbocycles. The van der Waals surface area contributed by atoms with Crippen LogP contribution in [0.4, 0.5) is 0 Å². The van der Waals surface area contributed by atoms with Crippen molar-refractivity contribution in [1.29, 1.82) is 0 Å². The normalized spacial score (nSPS) is 18.3. The van der Waals surface area contributed by atoms with Crippen LogP contribution in [0.25, 0.3) is 6.08 Å². The minimum Gasteiger partial charge on any atom is -0.339 e. The number of aromatic nitrogens is 1. The molecule has 1 atom stereocenters. The fraction of sp³-hybridized carbons (Fsp3) is 0.333. The molecular formula is C15H18N4O3. The van der Waals surface area contributed by atoms with Crippen molar-refractivity contribution in [2.24, 2.45) is 5.73 Å². The van der Waals surface area contributed by atoms with Gasteiger partial charge in [-0.3, -0.25) is 19.7 Å². The van der Waals surface area contributed by atoms with Crippen molar-refractivity contribution in [3.63, 3.8) is 0 Å². The number of hydrogen-bond donors (Lipinski definition) is 3. The Morgan fingerprint density at radius 2 is 2.27 bits per heavy atom. The molecule has 1 aliphatic heterocycles. The molecule has 22 heavy (non-hydrogen) atoms. The summed E-state index contributed by atoms with van der Waals surface area (Å²) >= 11 is 0. The highest BCUT2D eigenvalue weighted by Crippen LogP contribution is 2.07. The van der Waals surface area contributed by atoms with Crippen molar-refractivity contribution in [1.82, 2.24) is 15.6 Å². The molecule has 0 aromatic carbocycles. The largest absolute Gasteiger partial charge is 0.339 e. The smallest absolute Gasteiger partial charge is 0.270 e. The highest BCUT2D eigenvalue weighted by Gasteiger charge is 2.28. The Balaban J connectivity index is 2.02. The lowest BCUT2D eigenvalue weighted by atomic mass is 10.1. The van der Waals surface area contributed by atoms with E-state index in [9.17, 15) is 14.4 Å². The molecule has 0 spiro atoms. The number of hydrogen-bond acceptors (Lipinski definition) is 5. The van der Waals surface area contributed by atoms with Crippen molar-refractivity contribution in [2.45, 2.75) is 25.3 Å². The van der Waals surface area contributed by atoms with Crippen molar-refractivity contribution in [2.75, 3.05) is 6.54 Å². The van der Waals surface area contributed by atoms with E-state index >= 15 is 0 Å². The third-order valence-corrected chi connectivity index (χ3v) is 3.17. The van der Waals surface area contributed by atoms with E-state index in [-0.39, 0.29) is 18.0 Å². The van der Waals surface area contributed by atoms with Crippen LogP contribution < -0.4 is 16.4 Å². The second-order valence-corrected chi connectivity index (χ2v) is 4.90. The summed E-state index contributed by atoms with van der Waals surface area (Å²) in [5, 5.41) is 4.79. The number of nitrogens with one attached hydrogen (secondary N) is 2. The number of pyridine rings is 1. The van der Waals surface area contributed by atoms with E-state index in [1.807, 2.05) is 6.08 Å². The maximum atomic E-state index is 12.1. The molecule has 1 saturated heterocycles. The first-order chi connectivity index (χ1) is 10.6. The zero-order valence-corrected chi connectivity index (χ0v) is 12.0. The van der Waals surface area contributed by atoms with Crippen LogP contribution >= 0.6 is 0 Å². The lowest BCUT2D eigenvalue weighted by Gasteiger charge is -2.21. The molecule has 1 fully saturated rings. The topological polar surface area (TPSA) is 114 Å². The molecule has 7 heteroatoms. The van der Waals surface area contributed by atoms with Crippen LogP contribution in [0.3, 0.4) is 0 Å². The summed E-state index contributed by atoms with van der Waals surface area (Å²) in [7, 11) is 0. The van der Waals surface area contributed by atoms with Crippen LogP contribution in [-0.2, 0) is 9.59 Å². The van der Waals surface area contributed by atoms with Gasteiger partial charge in [-0.25, -0.2) is 4.98 Å². The Hall–Kier alpha value is -2.54. The molecule has 3 amide bonds. The zero-order chi connectivity index (χ0) is 15.9. The van der Waals surface area contributed by atoms with E-state index in [1.165, 1.54) is 0 Å². The maximum absolute atomic E-state index is 12.1. The Kier molecular flexibility index (Phi) is 5.37. The Labute approximate surface area is 128 Å². The number of rotatable bonds is 5. The van der Waals surface area contributed by atoms with E-state index < -0.39 is 17.9 Å². The fourth-order valence-electron chi connectivity index (χ4n) is 2.03. The van der Waals surface area contributed by atoms with E-state index in [0.29, 0.717) is 18.7 Å². The van der Waals surface area contributed by atoms with Crippen LogP contribution in [0.2, 0.25) is 0 Å². The van der Waals surface area contributed by atoms with Gasteiger partial charge in [-0.1, -0.05) is 12.1 Å². The van der Waals surface area contributed by atoms with Gasteiger partial charge in [0.05, 0.1) is 5.69 Å². The molecule has 0 bridgehead atoms. The Bertz CT molecular complexity index is 613. The third kappa shape index (κ3) is 4.23. The second-order valence-electron chi connectivity index (χ2n) is 4.90. The first-order valence-corrected chi connectivity index (χ1v) is 7.08. The summed E-state index contributed by atoms with van der Waals surface area (Å²) in [4.78, 5) is 39.0. The van der Waals surface area contributed by atoms with Gasteiger partial charge in [-0.05, 0) is 37.6 Å². The lowest BCUT2D eigenvalue weighted by Crippen LogP contribution is -2.52. The standard InChI is InChI=1S/C15H18N4O3/c16-9-2-1-4-10-5-3-6-11(17-10)14(21)18-12-7-8-13(20)19-15(12)22/h1,3-6,12H,2,7-9,16H2,(H,18,21)(H,19,20,22)/b4-1+. The molecular weight excluding hydrogens is 284 g/mol. The minimum absolute atomic E-state index is 0.214. The molecule has 116 valence electrons. The van der Waals surface area contributed by atoms with Gasteiger partial charge < -0.3 is 11.1 Å². The molecule has 1 unspecified atom stereocenters. The van der Waals surface area contributed by atoms with Crippen LogP contribution in [0, 0.1) is 0 Å². The van der Waals surface area contributed by atoms with Gasteiger partial charge in [0, 0.05) is 6.42 Å². The molecule has 1 aliphatic rings. The minimum atomic E-state index is -0.705. The van der Waals surface area contributed by atoms with E-state index in [4.69, 9.17) is 5.73 Å². The molecule has 1 aromatic heterocycles. The molecule has 0 radical (unpaired) electrons. The van der Waals surface area contributed by atoms with Crippen molar-refractivity contribution < 1.29 is 14.4 Å². The van der Waals surface area contributed by atoms with Crippen molar-refractivity contribution in [3.05, 3.63) is 35.7 Å². The summed E-state index contributed by atoms with van der Waals surface area (Å²) in [6.07, 6.45) is 4.91. The van der Waals surface area contributed by atoms with Crippen LogP contribution in [0.5, 0.6) is 0 Å². The van der Waals surface area contributed by atoms with Gasteiger partial charge in [-0.2, -0.15) is 0 Å². The molecule has 4 N–H and O–H groups in total. The number of imide groups is 1.